The molecule has 30 heavy (non-hydrogen) atoms. The Morgan fingerprint density at radius 2 is 1.97 bits per heavy atom. The van der Waals surface area contributed by atoms with Gasteiger partial charge in [-0.15, -0.1) is 0 Å². The van der Waals surface area contributed by atoms with Crippen LogP contribution >= 0.6 is 0 Å². The molecule has 0 fully saturated rings. The van der Waals surface area contributed by atoms with E-state index in [0.29, 0.717) is 5.69 Å². The number of carbonyl (C=O) groups excluding carboxylic acids is 1. The quantitative estimate of drug-likeness (QED) is 0.392. The number of anilines is 1. The van der Waals surface area contributed by atoms with Crippen LogP contribution in [0.2, 0.25) is 0 Å². The number of nitrogens with one attached hydrogen (secondary N) is 1. The lowest BCUT2D eigenvalue weighted by Crippen LogP contribution is -2.12. The third-order valence-corrected chi connectivity index (χ3v) is 4.65. The Kier molecular flexibility index (Phi) is 4.89. The molecule has 0 radical (unpaired) electrons. The zero-order chi connectivity index (χ0) is 21.3. The number of nitro groups is 1. The first-order chi connectivity index (χ1) is 14.4. The normalized spacial score (nSPS) is 10.7. The van der Waals surface area contributed by atoms with Crippen molar-refractivity contribution >= 4 is 22.9 Å². The van der Waals surface area contributed by atoms with Gasteiger partial charge in [-0.1, -0.05) is 18.2 Å². The summed E-state index contributed by atoms with van der Waals surface area (Å²) in [5.74, 6) is -0.357. The van der Waals surface area contributed by atoms with E-state index in [1.807, 2.05) is 54.0 Å². The molecule has 150 valence electrons. The molecule has 0 spiro atoms. The lowest BCUT2D eigenvalue weighted by Gasteiger charge is -2.08. The van der Waals surface area contributed by atoms with Crippen LogP contribution in [0.5, 0.6) is 5.75 Å². The Bertz CT molecular complexity index is 1280. The summed E-state index contributed by atoms with van der Waals surface area (Å²) in [4.78, 5) is 27.8. The molecule has 4 rings (SSSR count). The Hall–Kier alpha value is -4.20. The highest BCUT2D eigenvalue weighted by Crippen LogP contribution is 2.28. The summed E-state index contributed by atoms with van der Waals surface area (Å²) >= 11 is 0. The number of carbonyl (C=O) groups is 1. The molecule has 1 amide bonds. The minimum absolute atomic E-state index is 0.0978. The van der Waals surface area contributed by atoms with Crippen LogP contribution in [0.25, 0.3) is 16.9 Å². The van der Waals surface area contributed by atoms with Crippen LogP contribution in [-0.2, 0) is 0 Å². The second kappa shape index (κ2) is 7.67. The maximum absolute atomic E-state index is 12.6. The maximum atomic E-state index is 12.6. The molecule has 0 saturated heterocycles. The molecule has 0 atom stereocenters. The standard InChI is InChI=1S/C22H18N4O4/c1-14-6-9-21-24-18(13-25(21)12-14)15-4-3-5-17(10-15)23-22(27)16-7-8-20(30-2)19(11-16)26(28)29/h3-13H,1-2H3,(H,23,27). The van der Waals surface area contributed by atoms with Gasteiger partial charge in [-0.05, 0) is 42.8 Å². The zero-order valence-electron chi connectivity index (χ0n) is 16.3. The van der Waals surface area contributed by atoms with Crippen molar-refractivity contribution in [3.63, 3.8) is 0 Å². The Balaban J connectivity index is 1.60. The molecule has 0 aliphatic heterocycles. The largest absolute Gasteiger partial charge is 0.490 e. The van der Waals surface area contributed by atoms with E-state index in [4.69, 9.17) is 4.74 Å². The lowest BCUT2D eigenvalue weighted by atomic mass is 10.1. The van der Waals surface area contributed by atoms with Gasteiger partial charge in [0.1, 0.15) is 5.65 Å². The smallest absolute Gasteiger partial charge is 0.311 e. The molecule has 8 heteroatoms. The molecular formula is C22H18N4O4. The number of hydrogen-bond acceptors (Lipinski definition) is 5. The first-order valence-electron chi connectivity index (χ1n) is 9.14. The second-order valence-corrected chi connectivity index (χ2v) is 6.78. The molecule has 0 aliphatic rings. The van der Waals surface area contributed by atoms with Crippen molar-refractivity contribution in [2.24, 2.45) is 0 Å². The van der Waals surface area contributed by atoms with Crippen LogP contribution in [0.4, 0.5) is 11.4 Å². The first kappa shape index (κ1) is 19.1. The fourth-order valence-electron chi connectivity index (χ4n) is 3.18. The summed E-state index contributed by atoms with van der Waals surface area (Å²) in [6, 6.07) is 15.3. The third kappa shape index (κ3) is 3.70. The van der Waals surface area contributed by atoms with Crippen molar-refractivity contribution in [3.05, 3.63) is 88.2 Å². The first-order valence-corrected chi connectivity index (χ1v) is 9.14. The van der Waals surface area contributed by atoms with E-state index in [1.54, 1.807) is 6.07 Å². The van der Waals surface area contributed by atoms with E-state index in [2.05, 4.69) is 10.3 Å². The molecule has 2 aromatic carbocycles. The SMILES string of the molecule is COc1ccc(C(=O)Nc2cccc(-c3cn4cc(C)ccc4n3)c2)cc1[N+](=O)[O-]. The fourth-order valence-corrected chi connectivity index (χ4v) is 3.18. The van der Waals surface area contributed by atoms with E-state index in [-0.39, 0.29) is 17.0 Å². The molecule has 0 saturated carbocycles. The molecule has 8 nitrogen and oxygen atoms in total. The fraction of sp³-hybridized carbons (Fsp3) is 0.0909. The number of ether oxygens (including phenoxy) is 1. The van der Waals surface area contributed by atoms with Crippen molar-refractivity contribution in [2.75, 3.05) is 12.4 Å². The number of rotatable bonds is 5. The second-order valence-electron chi connectivity index (χ2n) is 6.78. The number of methoxy groups -OCH3 is 1. The number of aromatic nitrogens is 2. The number of imidazole rings is 1. The number of amides is 1. The monoisotopic (exact) mass is 402 g/mol. The summed E-state index contributed by atoms with van der Waals surface area (Å²) in [7, 11) is 1.34. The average Bonchev–Trinajstić information content (AvgIpc) is 3.16. The molecule has 0 bridgehead atoms. The van der Waals surface area contributed by atoms with Crippen LogP contribution in [0, 0.1) is 17.0 Å². The van der Waals surface area contributed by atoms with Crippen molar-refractivity contribution in [2.45, 2.75) is 6.92 Å². The average molecular weight is 402 g/mol. The van der Waals surface area contributed by atoms with Crippen LogP contribution in [0.1, 0.15) is 15.9 Å². The Labute approximate surface area is 171 Å². The predicted molar refractivity (Wildman–Crippen MR) is 113 cm³/mol. The van der Waals surface area contributed by atoms with Gasteiger partial charge in [0.05, 0.1) is 17.7 Å². The van der Waals surface area contributed by atoms with E-state index in [9.17, 15) is 14.9 Å². The van der Waals surface area contributed by atoms with Gasteiger partial charge in [0, 0.05) is 35.3 Å². The van der Waals surface area contributed by atoms with E-state index in [0.717, 1.165) is 22.5 Å². The number of nitrogens with zero attached hydrogens (tertiary/aromatic N) is 3. The van der Waals surface area contributed by atoms with E-state index < -0.39 is 10.8 Å². The molecule has 4 aromatic rings. The van der Waals surface area contributed by atoms with Gasteiger partial charge < -0.3 is 14.5 Å². The summed E-state index contributed by atoms with van der Waals surface area (Å²) in [5, 5.41) is 14.0. The van der Waals surface area contributed by atoms with E-state index >= 15 is 0 Å². The Morgan fingerprint density at radius 3 is 2.73 bits per heavy atom. The van der Waals surface area contributed by atoms with Crippen LogP contribution in [0.15, 0.2) is 67.0 Å². The number of pyridine rings is 1. The number of benzene rings is 2. The van der Waals surface area contributed by atoms with Crippen molar-refractivity contribution in [1.29, 1.82) is 0 Å². The van der Waals surface area contributed by atoms with Gasteiger partial charge in [-0.3, -0.25) is 14.9 Å². The highest BCUT2D eigenvalue weighted by molar-refractivity contribution is 6.05. The van der Waals surface area contributed by atoms with Gasteiger partial charge >= 0.3 is 5.69 Å². The maximum Gasteiger partial charge on any atom is 0.311 e. The van der Waals surface area contributed by atoms with Gasteiger partial charge in [-0.25, -0.2) is 4.98 Å². The third-order valence-electron chi connectivity index (χ3n) is 4.65. The molecule has 2 heterocycles. The Morgan fingerprint density at radius 1 is 1.13 bits per heavy atom. The molecule has 0 unspecified atom stereocenters. The summed E-state index contributed by atoms with van der Waals surface area (Å²) in [6.45, 7) is 2.01. The number of nitro benzene ring substituents is 1. The van der Waals surface area contributed by atoms with Gasteiger partial charge in [0.25, 0.3) is 5.91 Å². The number of hydrogen-bond donors (Lipinski definition) is 1. The van der Waals surface area contributed by atoms with Crippen molar-refractivity contribution in [1.82, 2.24) is 9.38 Å². The summed E-state index contributed by atoms with van der Waals surface area (Å²) in [6.07, 6.45) is 3.92. The molecule has 1 N–H and O–H groups in total. The molecular weight excluding hydrogens is 384 g/mol. The summed E-state index contributed by atoms with van der Waals surface area (Å²) in [5.41, 5.74) is 4.03. The minimum Gasteiger partial charge on any atom is -0.490 e. The topological polar surface area (TPSA) is 98.8 Å². The predicted octanol–water partition coefficient (Wildman–Crippen LogP) is 4.48. The van der Waals surface area contributed by atoms with E-state index in [1.165, 1.54) is 25.3 Å². The highest BCUT2D eigenvalue weighted by atomic mass is 16.6. The van der Waals surface area contributed by atoms with Crippen molar-refractivity contribution < 1.29 is 14.5 Å². The van der Waals surface area contributed by atoms with Gasteiger partial charge in [-0.2, -0.15) is 0 Å². The van der Waals surface area contributed by atoms with Crippen LogP contribution in [0.3, 0.4) is 0 Å². The minimum atomic E-state index is -0.582. The van der Waals surface area contributed by atoms with Crippen LogP contribution in [-0.4, -0.2) is 27.3 Å². The molecule has 0 aliphatic carbocycles. The van der Waals surface area contributed by atoms with Gasteiger partial charge in [0.15, 0.2) is 5.75 Å². The summed E-state index contributed by atoms with van der Waals surface area (Å²) < 4.78 is 6.93. The number of fused-ring (bicyclic) bond motifs is 1. The van der Waals surface area contributed by atoms with Crippen molar-refractivity contribution in [3.8, 4) is 17.0 Å². The zero-order valence-corrected chi connectivity index (χ0v) is 16.3. The lowest BCUT2D eigenvalue weighted by molar-refractivity contribution is -0.385. The van der Waals surface area contributed by atoms with Crippen LogP contribution < -0.4 is 10.1 Å². The molecule has 2 aromatic heterocycles. The highest BCUT2D eigenvalue weighted by Gasteiger charge is 2.18. The van der Waals surface area contributed by atoms with Gasteiger partial charge in [0.2, 0.25) is 0 Å². The number of aryl methyl sites for hydroxylation is 1.